The summed E-state index contributed by atoms with van der Waals surface area (Å²) >= 11 is 1.38. The van der Waals surface area contributed by atoms with Crippen LogP contribution in [0.4, 0.5) is 5.13 Å². The number of ether oxygens (including phenoxy) is 1. The lowest BCUT2D eigenvalue weighted by atomic mass is 10.0. The number of rotatable bonds is 8. The number of amides is 1. The largest absolute Gasteiger partial charge is 0.496 e. The number of hydrogen-bond acceptors (Lipinski definition) is 6. The molecule has 0 saturated heterocycles. The molecule has 0 radical (unpaired) electrons. The van der Waals surface area contributed by atoms with Crippen molar-refractivity contribution in [1.29, 1.82) is 0 Å². The average Bonchev–Trinajstić information content (AvgIpc) is 2.98. The summed E-state index contributed by atoms with van der Waals surface area (Å²) in [5.41, 5.74) is 2.40. The van der Waals surface area contributed by atoms with E-state index in [-0.39, 0.29) is 24.5 Å². The molecule has 1 aromatic heterocycles. The van der Waals surface area contributed by atoms with Gasteiger partial charge in [-0.3, -0.25) is 9.59 Å². The van der Waals surface area contributed by atoms with Crippen molar-refractivity contribution < 1.29 is 14.3 Å². The molecule has 0 aliphatic carbocycles. The first-order valence-corrected chi connectivity index (χ1v) is 8.84. The molecule has 25 heavy (non-hydrogen) atoms. The van der Waals surface area contributed by atoms with Crippen molar-refractivity contribution in [2.24, 2.45) is 0 Å². The number of benzene rings is 1. The third kappa shape index (κ3) is 5.65. The molecule has 1 N–H and O–H groups in total. The van der Waals surface area contributed by atoms with E-state index in [4.69, 9.17) is 4.74 Å². The zero-order valence-corrected chi connectivity index (χ0v) is 15.8. The Morgan fingerprint density at radius 1 is 1.28 bits per heavy atom. The number of nitrogens with one attached hydrogen (secondary N) is 1. The highest BCUT2D eigenvalue weighted by molar-refractivity contribution is 7.13. The third-order valence-corrected chi connectivity index (χ3v) is 4.32. The van der Waals surface area contributed by atoms with E-state index < -0.39 is 0 Å². The van der Waals surface area contributed by atoms with Crippen LogP contribution in [0.1, 0.15) is 34.5 Å². The van der Waals surface area contributed by atoms with Gasteiger partial charge in [-0.25, -0.2) is 4.98 Å². The van der Waals surface area contributed by atoms with Crippen molar-refractivity contribution in [1.82, 2.24) is 9.88 Å². The molecule has 0 bridgehead atoms. The minimum absolute atomic E-state index is 0.108. The Balaban J connectivity index is 1.90. The highest BCUT2D eigenvalue weighted by Crippen LogP contribution is 2.22. The zero-order chi connectivity index (χ0) is 18.4. The van der Waals surface area contributed by atoms with Crippen LogP contribution >= 0.6 is 11.3 Å². The van der Waals surface area contributed by atoms with Gasteiger partial charge in [0.2, 0.25) is 5.91 Å². The molecule has 0 aliphatic heterocycles. The molecular formula is C18H23N3O3S. The van der Waals surface area contributed by atoms with E-state index in [0.29, 0.717) is 16.4 Å². The topological polar surface area (TPSA) is 71.5 Å². The quantitative estimate of drug-likeness (QED) is 0.732. The Morgan fingerprint density at radius 3 is 2.72 bits per heavy atom. The number of nitrogens with zero attached hydrogens (tertiary/aromatic N) is 2. The number of aromatic nitrogens is 1. The van der Waals surface area contributed by atoms with Crippen LogP contribution in [0.3, 0.4) is 0 Å². The van der Waals surface area contributed by atoms with Crippen molar-refractivity contribution in [3.63, 3.8) is 0 Å². The fraction of sp³-hybridized carbons (Fsp3) is 0.389. The van der Waals surface area contributed by atoms with E-state index in [0.717, 1.165) is 17.8 Å². The molecule has 0 spiro atoms. The van der Waals surface area contributed by atoms with Crippen molar-refractivity contribution in [3.8, 4) is 5.75 Å². The Bertz CT molecular complexity index is 756. The van der Waals surface area contributed by atoms with Crippen LogP contribution in [-0.4, -0.2) is 42.8 Å². The SMILES string of the molecule is COc1ccc(C)cc1C(=O)CCC(=O)Nc1nc(CN(C)C)cs1. The number of Topliss-reactive ketones (excluding diaryl/α,β-unsaturated/α-hetero) is 1. The summed E-state index contributed by atoms with van der Waals surface area (Å²) in [5.74, 6) is 0.207. The molecule has 2 rings (SSSR count). The second-order valence-corrected chi connectivity index (χ2v) is 6.91. The molecule has 0 aliphatic rings. The normalized spacial score (nSPS) is 10.8. The number of aryl methyl sites for hydroxylation is 1. The first-order valence-electron chi connectivity index (χ1n) is 7.96. The third-order valence-electron chi connectivity index (χ3n) is 3.51. The first kappa shape index (κ1) is 19.1. The number of anilines is 1. The number of carbonyl (C=O) groups excluding carboxylic acids is 2. The van der Waals surface area contributed by atoms with Crippen molar-refractivity contribution in [2.75, 3.05) is 26.5 Å². The van der Waals surface area contributed by atoms with Gasteiger partial charge in [0, 0.05) is 24.8 Å². The molecule has 0 atom stereocenters. The van der Waals surface area contributed by atoms with Gasteiger partial charge in [-0.1, -0.05) is 11.6 Å². The second-order valence-electron chi connectivity index (χ2n) is 6.06. The van der Waals surface area contributed by atoms with Crippen molar-refractivity contribution in [2.45, 2.75) is 26.3 Å². The smallest absolute Gasteiger partial charge is 0.226 e. The first-order chi connectivity index (χ1) is 11.9. The molecule has 0 fully saturated rings. The van der Waals surface area contributed by atoms with Crippen LogP contribution < -0.4 is 10.1 Å². The van der Waals surface area contributed by atoms with Crippen LogP contribution in [0.25, 0.3) is 0 Å². The van der Waals surface area contributed by atoms with E-state index in [1.165, 1.54) is 18.4 Å². The summed E-state index contributed by atoms with van der Waals surface area (Å²) in [5, 5.41) is 5.22. The maximum atomic E-state index is 12.4. The van der Waals surface area contributed by atoms with Gasteiger partial charge in [-0.15, -0.1) is 11.3 Å². The van der Waals surface area contributed by atoms with E-state index in [9.17, 15) is 9.59 Å². The van der Waals surface area contributed by atoms with Gasteiger partial charge in [0.05, 0.1) is 18.4 Å². The van der Waals surface area contributed by atoms with E-state index in [2.05, 4.69) is 10.3 Å². The minimum atomic E-state index is -0.217. The van der Waals surface area contributed by atoms with Crippen LogP contribution in [0.15, 0.2) is 23.6 Å². The Morgan fingerprint density at radius 2 is 2.04 bits per heavy atom. The Hall–Kier alpha value is -2.25. The van der Waals surface area contributed by atoms with E-state index >= 15 is 0 Å². The average molecular weight is 361 g/mol. The number of hydrogen-bond donors (Lipinski definition) is 1. The van der Waals surface area contributed by atoms with E-state index in [1.54, 1.807) is 12.1 Å². The fourth-order valence-electron chi connectivity index (χ4n) is 2.34. The standard InChI is InChI=1S/C18H23N3O3S/c1-12-5-7-16(24-4)14(9-12)15(22)6-8-17(23)20-18-19-13(11-25-18)10-21(2)3/h5,7,9,11H,6,8,10H2,1-4H3,(H,19,20,23). The summed E-state index contributed by atoms with van der Waals surface area (Å²) in [4.78, 5) is 30.8. The fourth-order valence-corrected chi connectivity index (χ4v) is 3.06. The molecule has 7 heteroatoms. The Labute approximate surface area is 151 Å². The van der Waals surface area contributed by atoms with Gasteiger partial charge in [-0.2, -0.15) is 0 Å². The summed E-state index contributed by atoms with van der Waals surface area (Å²) in [7, 11) is 5.45. The lowest BCUT2D eigenvalue weighted by molar-refractivity contribution is -0.116. The molecule has 1 aromatic carbocycles. The van der Waals surface area contributed by atoms with Gasteiger partial charge in [-0.05, 0) is 33.2 Å². The number of carbonyl (C=O) groups is 2. The predicted molar refractivity (Wildman–Crippen MR) is 99.4 cm³/mol. The van der Waals surface area contributed by atoms with Crippen LogP contribution in [0.5, 0.6) is 5.75 Å². The summed E-state index contributed by atoms with van der Waals surface area (Å²) in [6.07, 6.45) is 0.236. The molecule has 1 amide bonds. The van der Waals surface area contributed by atoms with Gasteiger partial charge in [0.15, 0.2) is 10.9 Å². The van der Waals surface area contributed by atoms with Gasteiger partial charge < -0.3 is 15.0 Å². The van der Waals surface area contributed by atoms with E-state index in [1.807, 2.05) is 37.4 Å². The van der Waals surface area contributed by atoms with Gasteiger partial charge in [0.25, 0.3) is 0 Å². The highest BCUT2D eigenvalue weighted by atomic mass is 32.1. The maximum absolute atomic E-state index is 12.4. The van der Waals surface area contributed by atoms with Crippen LogP contribution in [0.2, 0.25) is 0 Å². The van der Waals surface area contributed by atoms with Crippen LogP contribution in [-0.2, 0) is 11.3 Å². The summed E-state index contributed by atoms with van der Waals surface area (Å²) in [6.45, 7) is 2.63. The van der Waals surface area contributed by atoms with Gasteiger partial charge >= 0.3 is 0 Å². The molecule has 6 nitrogen and oxygen atoms in total. The van der Waals surface area contributed by atoms with Gasteiger partial charge in [0.1, 0.15) is 5.75 Å². The lowest BCUT2D eigenvalue weighted by Gasteiger charge is -2.08. The highest BCUT2D eigenvalue weighted by Gasteiger charge is 2.15. The van der Waals surface area contributed by atoms with Crippen LogP contribution in [0, 0.1) is 6.92 Å². The molecule has 0 saturated carbocycles. The predicted octanol–water partition coefficient (Wildman–Crippen LogP) is 3.12. The van der Waals surface area contributed by atoms with Crippen molar-refractivity contribution >= 4 is 28.2 Å². The lowest BCUT2D eigenvalue weighted by Crippen LogP contribution is -2.14. The molecular weight excluding hydrogens is 338 g/mol. The number of thiazole rings is 1. The maximum Gasteiger partial charge on any atom is 0.226 e. The van der Waals surface area contributed by atoms with Crippen molar-refractivity contribution in [3.05, 3.63) is 40.4 Å². The summed E-state index contributed by atoms with van der Waals surface area (Å²) in [6, 6.07) is 5.44. The zero-order valence-electron chi connectivity index (χ0n) is 15.0. The molecule has 134 valence electrons. The monoisotopic (exact) mass is 361 g/mol. The Kier molecular flexibility index (Phi) is 6.66. The molecule has 2 aromatic rings. The summed E-state index contributed by atoms with van der Waals surface area (Å²) < 4.78 is 5.22. The number of methoxy groups -OCH3 is 1. The molecule has 1 heterocycles. The second kappa shape index (κ2) is 8.73. The molecule has 0 unspecified atom stereocenters. The minimum Gasteiger partial charge on any atom is -0.496 e. The number of ketones is 1.